The lowest BCUT2D eigenvalue weighted by Gasteiger charge is -2.43. The van der Waals surface area contributed by atoms with Crippen molar-refractivity contribution < 1.29 is 24.2 Å². The minimum Gasteiger partial charge on any atom is -0.465 e. The number of ether oxygens (including phenoxy) is 1. The Hall–Kier alpha value is -1.32. The quantitative estimate of drug-likeness (QED) is 0.208. The molecule has 0 saturated carbocycles. The number of aliphatic hydroxyl groups excluding tert-OH is 1. The molecule has 33 heavy (non-hydrogen) atoms. The van der Waals surface area contributed by atoms with Gasteiger partial charge >= 0.3 is 5.97 Å². The lowest BCUT2D eigenvalue weighted by atomic mass is 9.71. The minimum atomic E-state index is -0.780. The first-order valence-electron chi connectivity index (χ1n) is 11.4. The number of likely N-dealkylation sites (tertiary alicyclic amines) is 1. The summed E-state index contributed by atoms with van der Waals surface area (Å²) in [5.74, 6) is -2.12. The molecule has 0 aliphatic carbocycles. The molecule has 9 heteroatoms. The second kappa shape index (κ2) is 9.74. The van der Waals surface area contributed by atoms with E-state index in [4.69, 9.17) is 4.74 Å². The van der Waals surface area contributed by atoms with Crippen molar-refractivity contribution in [1.29, 1.82) is 0 Å². The standard InChI is InChI=1S/C24H35BrN2O5S/c1-7-9-11-32-22(31)16-17-20(29)27(14(3)13-28)19(24(17)12-15(25)18(16)33-24)21(30)26(10-8-2)23(4,5)6/h7-8,14-19,28H,1-2,9-13H2,3-6H3/t14-,15?,16+,17+,18+,19?,24?/m1/s1. The van der Waals surface area contributed by atoms with Crippen LogP contribution in [0.25, 0.3) is 0 Å². The fraction of sp³-hybridized carbons (Fsp3) is 0.708. The summed E-state index contributed by atoms with van der Waals surface area (Å²) in [5, 5.41) is 9.81. The average Bonchev–Trinajstić information content (AvgIpc) is 3.33. The fourth-order valence-electron chi connectivity index (χ4n) is 5.49. The van der Waals surface area contributed by atoms with Crippen LogP contribution in [-0.2, 0) is 19.1 Å². The van der Waals surface area contributed by atoms with Gasteiger partial charge in [-0.2, -0.15) is 0 Å². The summed E-state index contributed by atoms with van der Waals surface area (Å²) >= 11 is 5.30. The Labute approximate surface area is 209 Å². The maximum atomic E-state index is 14.1. The Morgan fingerprint density at radius 3 is 2.61 bits per heavy atom. The van der Waals surface area contributed by atoms with Crippen LogP contribution in [-0.4, -0.2) is 84.9 Å². The molecule has 0 aromatic heterocycles. The van der Waals surface area contributed by atoms with E-state index in [2.05, 4.69) is 29.1 Å². The van der Waals surface area contributed by atoms with Gasteiger partial charge in [0.2, 0.25) is 11.8 Å². The normalized spacial score (nSPS) is 33.6. The van der Waals surface area contributed by atoms with Crippen molar-refractivity contribution in [2.75, 3.05) is 19.8 Å². The molecular formula is C24H35BrN2O5S. The molecule has 7 atom stereocenters. The topological polar surface area (TPSA) is 87.1 Å². The maximum Gasteiger partial charge on any atom is 0.310 e. The molecule has 3 unspecified atom stereocenters. The zero-order valence-corrected chi connectivity index (χ0v) is 22.2. The van der Waals surface area contributed by atoms with E-state index in [0.29, 0.717) is 19.4 Å². The first-order valence-corrected chi connectivity index (χ1v) is 13.2. The molecule has 3 fully saturated rings. The Kier molecular flexibility index (Phi) is 7.76. The van der Waals surface area contributed by atoms with Crippen LogP contribution < -0.4 is 0 Å². The SMILES string of the molecule is C=CCCOC(=O)[C@H]1[C@H]2C(=O)N([C@H](C)CO)C(C(=O)N(CC=C)C(C)(C)C)C23CC(Br)[C@@H]1S3. The van der Waals surface area contributed by atoms with Gasteiger partial charge in [0.25, 0.3) is 0 Å². The van der Waals surface area contributed by atoms with E-state index in [1.165, 1.54) is 4.90 Å². The third-order valence-corrected chi connectivity index (χ3v) is 10.1. The number of carbonyl (C=O) groups is 3. The largest absolute Gasteiger partial charge is 0.465 e. The number of esters is 1. The van der Waals surface area contributed by atoms with E-state index in [0.717, 1.165) is 0 Å². The van der Waals surface area contributed by atoms with Gasteiger partial charge < -0.3 is 19.6 Å². The third kappa shape index (κ3) is 4.29. The van der Waals surface area contributed by atoms with Crippen LogP contribution in [0.2, 0.25) is 0 Å². The zero-order chi connectivity index (χ0) is 24.7. The summed E-state index contributed by atoms with van der Waals surface area (Å²) in [6.45, 7) is 15.3. The Bertz CT molecular complexity index is 830. The molecule has 0 aromatic carbocycles. The van der Waals surface area contributed by atoms with Crippen molar-refractivity contribution in [2.24, 2.45) is 11.8 Å². The molecular weight excluding hydrogens is 508 g/mol. The number of halogens is 1. The van der Waals surface area contributed by atoms with Crippen molar-refractivity contribution in [1.82, 2.24) is 9.80 Å². The number of aliphatic hydroxyl groups is 1. The lowest BCUT2D eigenvalue weighted by molar-refractivity contribution is -0.154. The summed E-state index contributed by atoms with van der Waals surface area (Å²) in [6, 6.07) is -1.33. The van der Waals surface area contributed by atoms with E-state index >= 15 is 0 Å². The maximum absolute atomic E-state index is 14.1. The van der Waals surface area contributed by atoms with Crippen LogP contribution in [0.5, 0.6) is 0 Å². The van der Waals surface area contributed by atoms with Gasteiger partial charge in [0.05, 0.1) is 35.8 Å². The van der Waals surface area contributed by atoms with Crippen LogP contribution in [0.15, 0.2) is 25.3 Å². The van der Waals surface area contributed by atoms with Crippen LogP contribution in [0, 0.1) is 11.8 Å². The first-order chi connectivity index (χ1) is 15.5. The number of rotatable bonds is 9. The summed E-state index contributed by atoms with van der Waals surface area (Å²) in [6.07, 6.45) is 4.49. The van der Waals surface area contributed by atoms with E-state index in [9.17, 15) is 19.5 Å². The van der Waals surface area contributed by atoms with E-state index in [-0.39, 0.29) is 35.1 Å². The van der Waals surface area contributed by atoms with Crippen molar-refractivity contribution >= 4 is 45.5 Å². The number of carbonyl (C=O) groups excluding carboxylic acids is 3. The Balaban J connectivity index is 2.07. The number of hydrogen-bond acceptors (Lipinski definition) is 6. The molecule has 0 aromatic rings. The van der Waals surface area contributed by atoms with Gasteiger partial charge in [-0.25, -0.2) is 0 Å². The van der Waals surface area contributed by atoms with Gasteiger partial charge in [0.1, 0.15) is 6.04 Å². The molecule has 1 N–H and O–H groups in total. The summed E-state index contributed by atoms with van der Waals surface area (Å²) < 4.78 is 4.74. The number of fused-ring (bicyclic) bond motifs is 1. The van der Waals surface area contributed by atoms with Gasteiger partial charge in [0, 0.05) is 22.2 Å². The van der Waals surface area contributed by atoms with Gasteiger partial charge in [-0.3, -0.25) is 14.4 Å². The number of amides is 2. The summed E-state index contributed by atoms with van der Waals surface area (Å²) in [7, 11) is 0. The van der Waals surface area contributed by atoms with Crippen LogP contribution >= 0.6 is 27.7 Å². The molecule has 0 radical (unpaired) electrons. The number of hydrogen-bond donors (Lipinski definition) is 1. The molecule has 7 nitrogen and oxygen atoms in total. The highest BCUT2D eigenvalue weighted by Gasteiger charge is 2.76. The molecule has 3 heterocycles. The second-order valence-electron chi connectivity index (χ2n) is 10.1. The van der Waals surface area contributed by atoms with E-state index in [1.807, 2.05) is 20.8 Å². The van der Waals surface area contributed by atoms with E-state index < -0.39 is 40.2 Å². The lowest BCUT2D eigenvalue weighted by Crippen LogP contribution is -2.60. The fourth-order valence-corrected chi connectivity index (χ4v) is 9.07. The second-order valence-corrected chi connectivity index (χ2v) is 12.8. The number of alkyl halides is 1. The van der Waals surface area contributed by atoms with Crippen molar-refractivity contribution in [3.8, 4) is 0 Å². The minimum absolute atomic E-state index is 0.0225. The summed E-state index contributed by atoms with van der Waals surface area (Å²) in [4.78, 5) is 44.4. The average molecular weight is 544 g/mol. The monoisotopic (exact) mass is 542 g/mol. The van der Waals surface area contributed by atoms with Gasteiger partial charge in [-0.05, 0) is 40.5 Å². The van der Waals surface area contributed by atoms with Crippen molar-refractivity contribution in [2.45, 2.75) is 73.0 Å². The molecule has 184 valence electrons. The predicted octanol–water partition coefficient (Wildman–Crippen LogP) is 2.76. The molecule has 3 aliphatic heterocycles. The highest BCUT2D eigenvalue weighted by molar-refractivity contribution is 9.09. The number of nitrogens with zero attached hydrogens (tertiary/aromatic N) is 2. The van der Waals surface area contributed by atoms with Gasteiger partial charge in [-0.1, -0.05) is 28.1 Å². The molecule has 3 saturated heterocycles. The van der Waals surface area contributed by atoms with Gasteiger partial charge in [-0.15, -0.1) is 24.9 Å². The van der Waals surface area contributed by atoms with Crippen LogP contribution in [0.4, 0.5) is 0 Å². The van der Waals surface area contributed by atoms with Gasteiger partial charge in [0.15, 0.2) is 0 Å². The van der Waals surface area contributed by atoms with Crippen molar-refractivity contribution in [3.63, 3.8) is 0 Å². The smallest absolute Gasteiger partial charge is 0.310 e. The molecule has 1 spiro atoms. The molecule has 3 aliphatic rings. The zero-order valence-electron chi connectivity index (χ0n) is 19.8. The molecule has 3 rings (SSSR count). The predicted molar refractivity (Wildman–Crippen MR) is 133 cm³/mol. The number of thioether (sulfide) groups is 1. The molecule has 2 bridgehead atoms. The molecule has 2 amide bonds. The van der Waals surface area contributed by atoms with Crippen LogP contribution in [0.1, 0.15) is 40.5 Å². The van der Waals surface area contributed by atoms with E-state index in [1.54, 1.807) is 35.7 Å². The van der Waals surface area contributed by atoms with Crippen molar-refractivity contribution in [3.05, 3.63) is 25.3 Å². The van der Waals surface area contributed by atoms with Crippen LogP contribution in [0.3, 0.4) is 0 Å². The Morgan fingerprint density at radius 2 is 2.06 bits per heavy atom. The Morgan fingerprint density at radius 1 is 1.39 bits per heavy atom. The third-order valence-electron chi connectivity index (χ3n) is 6.93. The summed E-state index contributed by atoms with van der Waals surface area (Å²) in [5.41, 5.74) is -0.491. The highest BCUT2D eigenvalue weighted by atomic mass is 79.9. The highest BCUT2D eigenvalue weighted by Crippen LogP contribution is 2.68. The first kappa shape index (κ1) is 26.3.